The summed E-state index contributed by atoms with van der Waals surface area (Å²) in [5.74, 6) is 0.459. The van der Waals surface area contributed by atoms with Gasteiger partial charge in [0.05, 0.1) is 18.7 Å². The predicted octanol–water partition coefficient (Wildman–Crippen LogP) is 4.58. The van der Waals surface area contributed by atoms with E-state index in [1.54, 1.807) is 18.5 Å². The largest absolute Gasteiger partial charge is 0.493 e. The lowest BCUT2D eigenvalue weighted by atomic mass is 10.0. The molecule has 3 aromatic rings. The number of hydrogen-bond donors (Lipinski definition) is 1. The second-order valence-corrected chi connectivity index (χ2v) is 9.14. The number of benzene rings is 1. The molecule has 0 saturated carbocycles. The van der Waals surface area contributed by atoms with Crippen molar-refractivity contribution in [3.05, 3.63) is 82.0 Å². The second kappa shape index (κ2) is 11.4. The Morgan fingerprint density at radius 3 is 2.91 bits per heavy atom. The number of nitrogens with zero attached hydrogens (tertiary/aromatic N) is 3. The minimum absolute atomic E-state index is 0.0768. The molecule has 35 heavy (non-hydrogen) atoms. The van der Waals surface area contributed by atoms with Crippen molar-refractivity contribution in [1.82, 2.24) is 9.88 Å². The zero-order valence-electron chi connectivity index (χ0n) is 19.5. The highest BCUT2D eigenvalue weighted by Gasteiger charge is 2.27. The van der Waals surface area contributed by atoms with E-state index in [2.05, 4.69) is 16.4 Å². The molecule has 1 aliphatic rings. The van der Waals surface area contributed by atoms with Gasteiger partial charge in [-0.25, -0.2) is 0 Å². The Morgan fingerprint density at radius 2 is 2.14 bits per heavy atom. The van der Waals surface area contributed by atoms with Crippen molar-refractivity contribution in [2.75, 3.05) is 18.5 Å². The molecule has 8 heteroatoms. The molecule has 2 aromatic heterocycles. The molecule has 2 amide bonds. The maximum absolute atomic E-state index is 12.8. The van der Waals surface area contributed by atoms with Crippen LogP contribution in [0.5, 0.6) is 5.75 Å². The smallest absolute Gasteiger partial charge is 0.249 e. The SMILES string of the molecule is CCOc1ccccc1/C=C/C(=O)Nc1sc2c(c1C#N)CCN(C(=O)CCc1cccnc1)C2. The Kier molecular flexibility index (Phi) is 7.91. The van der Waals surface area contributed by atoms with Crippen LogP contribution in [0.1, 0.15) is 40.5 Å². The van der Waals surface area contributed by atoms with Gasteiger partial charge in [0.1, 0.15) is 16.8 Å². The lowest BCUT2D eigenvalue weighted by Gasteiger charge is -2.27. The number of amides is 2. The van der Waals surface area contributed by atoms with E-state index in [4.69, 9.17) is 4.74 Å². The molecule has 7 nitrogen and oxygen atoms in total. The number of thiophene rings is 1. The Hall–Kier alpha value is -3.96. The van der Waals surface area contributed by atoms with Crippen molar-refractivity contribution < 1.29 is 14.3 Å². The van der Waals surface area contributed by atoms with Crippen molar-refractivity contribution in [3.63, 3.8) is 0 Å². The number of rotatable bonds is 8. The number of aryl methyl sites for hydroxylation is 1. The first-order valence-electron chi connectivity index (χ1n) is 11.5. The molecule has 0 fully saturated rings. The molecule has 0 saturated heterocycles. The maximum Gasteiger partial charge on any atom is 0.249 e. The van der Waals surface area contributed by atoms with Gasteiger partial charge in [-0.3, -0.25) is 14.6 Å². The summed E-state index contributed by atoms with van der Waals surface area (Å²) < 4.78 is 5.59. The van der Waals surface area contributed by atoms with E-state index in [1.165, 1.54) is 17.4 Å². The van der Waals surface area contributed by atoms with Crippen molar-refractivity contribution in [2.24, 2.45) is 0 Å². The topological polar surface area (TPSA) is 95.3 Å². The number of para-hydroxylation sites is 1. The molecule has 0 atom stereocenters. The van der Waals surface area contributed by atoms with Crippen LogP contribution in [-0.2, 0) is 29.0 Å². The van der Waals surface area contributed by atoms with Gasteiger partial charge in [-0.05, 0) is 49.1 Å². The lowest BCUT2D eigenvalue weighted by molar-refractivity contribution is -0.132. The fraction of sp³-hybridized carbons (Fsp3) is 0.259. The van der Waals surface area contributed by atoms with Crippen LogP contribution >= 0.6 is 11.3 Å². The number of nitrogens with one attached hydrogen (secondary N) is 1. The van der Waals surface area contributed by atoms with Crippen LogP contribution in [0.15, 0.2) is 54.9 Å². The van der Waals surface area contributed by atoms with Crippen LogP contribution in [0, 0.1) is 11.3 Å². The summed E-state index contributed by atoms with van der Waals surface area (Å²) in [6, 6.07) is 13.6. The average molecular weight is 487 g/mol. The number of pyridine rings is 1. The van der Waals surface area contributed by atoms with Gasteiger partial charge < -0.3 is 15.0 Å². The average Bonchev–Trinajstić information content (AvgIpc) is 3.23. The minimum Gasteiger partial charge on any atom is -0.493 e. The van der Waals surface area contributed by atoms with E-state index in [9.17, 15) is 14.9 Å². The molecule has 178 valence electrons. The van der Waals surface area contributed by atoms with Crippen LogP contribution < -0.4 is 10.1 Å². The second-order valence-electron chi connectivity index (χ2n) is 8.04. The number of hydrogen-bond acceptors (Lipinski definition) is 6. The summed E-state index contributed by atoms with van der Waals surface area (Å²) in [5, 5.41) is 13.1. The quantitative estimate of drug-likeness (QED) is 0.470. The van der Waals surface area contributed by atoms with Crippen LogP contribution in [-0.4, -0.2) is 34.8 Å². The molecule has 1 aliphatic heterocycles. The fourth-order valence-electron chi connectivity index (χ4n) is 4.00. The predicted molar refractivity (Wildman–Crippen MR) is 136 cm³/mol. The summed E-state index contributed by atoms with van der Waals surface area (Å²) in [6.07, 6.45) is 8.28. The van der Waals surface area contributed by atoms with E-state index in [0.717, 1.165) is 21.6 Å². The molecule has 0 unspecified atom stereocenters. The van der Waals surface area contributed by atoms with Crippen LogP contribution in [0.2, 0.25) is 0 Å². The first-order valence-corrected chi connectivity index (χ1v) is 12.3. The number of fused-ring (bicyclic) bond motifs is 1. The van der Waals surface area contributed by atoms with Gasteiger partial charge in [0.25, 0.3) is 0 Å². The molecule has 1 N–H and O–H groups in total. The Balaban J connectivity index is 1.41. The van der Waals surface area contributed by atoms with Crippen LogP contribution in [0.25, 0.3) is 6.08 Å². The maximum atomic E-state index is 12.8. The third-order valence-corrected chi connectivity index (χ3v) is 6.87. The third kappa shape index (κ3) is 5.94. The molecule has 4 rings (SSSR count). The van der Waals surface area contributed by atoms with Gasteiger partial charge in [0.15, 0.2) is 0 Å². The van der Waals surface area contributed by atoms with Gasteiger partial charge in [-0.15, -0.1) is 11.3 Å². The zero-order valence-corrected chi connectivity index (χ0v) is 20.3. The zero-order chi connectivity index (χ0) is 24.6. The molecular formula is C27H26N4O3S. The summed E-state index contributed by atoms with van der Waals surface area (Å²) in [4.78, 5) is 32.3. The van der Waals surface area contributed by atoms with E-state index in [0.29, 0.717) is 55.3 Å². The van der Waals surface area contributed by atoms with E-state index in [-0.39, 0.29) is 11.8 Å². The molecular weight excluding hydrogens is 460 g/mol. The third-order valence-electron chi connectivity index (χ3n) is 5.74. The molecule has 1 aromatic carbocycles. The number of anilines is 1. The van der Waals surface area contributed by atoms with Gasteiger partial charge in [0.2, 0.25) is 11.8 Å². The van der Waals surface area contributed by atoms with Gasteiger partial charge in [0, 0.05) is 41.9 Å². The number of aromatic nitrogens is 1. The van der Waals surface area contributed by atoms with Gasteiger partial charge >= 0.3 is 0 Å². The van der Waals surface area contributed by atoms with E-state index >= 15 is 0 Å². The van der Waals surface area contributed by atoms with E-state index in [1.807, 2.05) is 48.2 Å². The number of nitriles is 1. The van der Waals surface area contributed by atoms with Crippen LogP contribution in [0.4, 0.5) is 5.00 Å². The van der Waals surface area contributed by atoms with Crippen molar-refractivity contribution in [3.8, 4) is 11.8 Å². The summed E-state index contributed by atoms with van der Waals surface area (Å²) in [6.45, 7) is 3.46. The molecule has 0 bridgehead atoms. The summed E-state index contributed by atoms with van der Waals surface area (Å²) in [7, 11) is 0. The fourth-order valence-corrected chi connectivity index (χ4v) is 5.22. The normalized spacial score (nSPS) is 12.7. The highest BCUT2D eigenvalue weighted by Crippen LogP contribution is 2.37. The van der Waals surface area contributed by atoms with E-state index < -0.39 is 0 Å². The standard InChI is InChI=1S/C27H26N4O3S/c1-2-34-23-8-4-3-7-20(23)10-11-25(32)30-27-22(16-28)21-13-15-31(18-24(21)35-27)26(33)12-9-19-6-5-14-29-17-19/h3-8,10-11,14,17H,2,9,12-13,15,18H2,1H3,(H,30,32)/b11-10+. The van der Waals surface area contributed by atoms with Crippen molar-refractivity contribution >= 4 is 34.2 Å². The lowest BCUT2D eigenvalue weighted by Crippen LogP contribution is -2.35. The Labute approximate surface area is 208 Å². The molecule has 3 heterocycles. The first-order chi connectivity index (χ1) is 17.1. The van der Waals surface area contributed by atoms with Gasteiger partial charge in [-0.1, -0.05) is 24.3 Å². The van der Waals surface area contributed by atoms with Crippen LogP contribution in [0.3, 0.4) is 0 Å². The molecule has 0 spiro atoms. The van der Waals surface area contributed by atoms with Crippen molar-refractivity contribution in [1.29, 1.82) is 5.26 Å². The highest BCUT2D eigenvalue weighted by molar-refractivity contribution is 7.16. The number of carbonyl (C=O) groups excluding carboxylic acids is 2. The number of ether oxygens (including phenoxy) is 1. The Bertz CT molecular complexity index is 1280. The monoisotopic (exact) mass is 486 g/mol. The summed E-state index contributed by atoms with van der Waals surface area (Å²) >= 11 is 1.37. The molecule has 0 radical (unpaired) electrons. The van der Waals surface area contributed by atoms with Crippen molar-refractivity contribution in [2.45, 2.75) is 32.7 Å². The highest BCUT2D eigenvalue weighted by atomic mass is 32.1. The minimum atomic E-state index is -0.323. The summed E-state index contributed by atoms with van der Waals surface area (Å²) in [5.41, 5.74) is 3.25. The molecule has 0 aliphatic carbocycles. The first kappa shape index (κ1) is 24.2. The van der Waals surface area contributed by atoms with Gasteiger partial charge in [-0.2, -0.15) is 5.26 Å². The number of carbonyl (C=O) groups is 2. The Morgan fingerprint density at radius 1 is 1.29 bits per heavy atom.